The van der Waals surface area contributed by atoms with Gasteiger partial charge in [0.05, 0.1) is 0 Å². The summed E-state index contributed by atoms with van der Waals surface area (Å²) in [7, 11) is 0. The Hall–Kier alpha value is -1.88. The van der Waals surface area contributed by atoms with Crippen molar-refractivity contribution in [2.24, 2.45) is 5.92 Å². The van der Waals surface area contributed by atoms with Crippen LogP contribution in [0.4, 0.5) is 0 Å². The first kappa shape index (κ1) is 15.5. The second-order valence-corrected chi connectivity index (χ2v) is 5.50. The van der Waals surface area contributed by atoms with Crippen molar-refractivity contribution in [2.75, 3.05) is 19.6 Å². The lowest BCUT2D eigenvalue weighted by Gasteiger charge is -2.20. The summed E-state index contributed by atoms with van der Waals surface area (Å²) < 4.78 is 0. The average Bonchev–Trinajstić information content (AvgIpc) is 2.52. The van der Waals surface area contributed by atoms with Crippen molar-refractivity contribution in [1.82, 2.24) is 10.6 Å². The molecule has 1 aliphatic heterocycles. The molecule has 2 aliphatic rings. The summed E-state index contributed by atoms with van der Waals surface area (Å²) >= 11 is 0. The van der Waals surface area contributed by atoms with E-state index in [0.29, 0.717) is 24.5 Å². The second-order valence-electron chi connectivity index (χ2n) is 5.50. The largest absolute Gasteiger partial charge is 0.478 e. The molecule has 1 unspecified atom stereocenters. The molecule has 0 fully saturated rings. The highest BCUT2D eigenvalue weighted by atomic mass is 16.4. The number of nitrogens with one attached hydrogen (secondary N) is 2. The predicted octanol–water partition coefficient (Wildman–Crippen LogP) is 1.39. The molecular weight excluding hydrogens is 268 g/mol. The highest BCUT2D eigenvalue weighted by Gasteiger charge is 2.18. The number of amides is 1. The van der Waals surface area contributed by atoms with E-state index in [9.17, 15) is 9.59 Å². The zero-order chi connectivity index (χ0) is 15.1. The molecule has 3 N–H and O–H groups in total. The first-order valence-corrected chi connectivity index (χ1v) is 7.43. The van der Waals surface area contributed by atoms with Crippen LogP contribution in [0.3, 0.4) is 0 Å². The molecule has 5 heteroatoms. The van der Waals surface area contributed by atoms with Crippen molar-refractivity contribution in [1.29, 1.82) is 0 Å². The van der Waals surface area contributed by atoms with E-state index in [0.717, 1.165) is 37.9 Å². The number of rotatable bonds is 5. The molecule has 21 heavy (non-hydrogen) atoms. The number of carboxylic acid groups (broad SMARTS) is 1. The summed E-state index contributed by atoms with van der Waals surface area (Å²) in [5, 5.41) is 15.0. The smallest absolute Gasteiger partial charge is 0.331 e. The van der Waals surface area contributed by atoms with Gasteiger partial charge < -0.3 is 15.7 Å². The van der Waals surface area contributed by atoms with Gasteiger partial charge in [0.15, 0.2) is 0 Å². The molecule has 0 saturated carbocycles. The van der Waals surface area contributed by atoms with Crippen molar-refractivity contribution in [3.8, 4) is 0 Å². The molecule has 1 aliphatic carbocycles. The van der Waals surface area contributed by atoms with Crippen LogP contribution in [0.15, 0.2) is 35.5 Å². The fourth-order valence-corrected chi connectivity index (χ4v) is 2.55. The quantitative estimate of drug-likeness (QED) is 0.669. The number of hydrogen-bond donors (Lipinski definition) is 3. The molecule has 1 heterocycles. The van der Waals surface area contributed by atoms with Crippen LogP contribution in [0.5, 0.6) is 0 Å². The number of carboxylic acids is 1. The van der Waals surface area contributed by atoms with Crippen LogP contribution in [0, 0.1) is 5.92 Å². The van der Waals surface area contributed by atoms with Gasteiger partial charge in [-0.2, -0.15) is 0 Å². The molecule has 1 atom stereocenters. The molecule has 1 amide bonds. The summed E-state index contributed by atoms with van der Waals surface area (Å²) in [5.41, 5.74) is 1.64. The van der Waals surface area contributed by atoms with Crippen molar-refractivity contribution in [2.45, 2.75) is 25.7 Å². The zero-order valence-electron chi connectivity index (χ0n) is 12.1. The van der Waals surface area contributed by atoms with Crippen molar-refractivity contribution in [3.05, 3.63) is 35.5 Å². The highest BCUT2D eigenvalue weighted by molar-refractivity contribution is 5.88. The molecule has 2 rings (SSSR count). The number of carbonyl (C=O) groups is 2. The number of hydrogen-bond acceptors (Lipinski definition) is 3. The lowest BCUT2D eigenvalue weighted by atomic mass is 9.89. The van der Waals surface area contributed by atoms with Gasteiger partial charge >= 0.3 is 5.97 Å². The lowest BCUT2D eigenvalue weighted by molar-refractivity contribution is -0.133. The summed E-state index contributed by atoms with van der Waals surface area (Å²) in [6.45, 7) is 2.41. The van der Waals surface area contributed by atoms with Crippen LogP contribution < -0.4 is 10.6 Å². The van der Waals surface area contributed by atoms with Gasteiger partial charge in [-0.25, -0.2) is 4.79 Å². The van der Waals surface area contributed by atoms with Gasteiger partial charge in [0.2, 0.25) is 5.91 Å². The third-order valence-electron chi connectivity index (χ3n) is 3.86. The maximum absolute atomic E-state index is 11.7. The highest BCUT2D eigenvalue weighted by Crippen LogP contribution is 2.22. The number of carbonyl (C=O) groups excluding carboxylic acids is 1. The molecule has 0 saturated heterocycles. The topological polar surface area (TPSA) is 78.4 Å². The Labute approximate surface area is 124 Å². The molecule has 0 bridgehead atoms. The molecule has 0 aromatic heterocycles. The van der Waals surface area contributed by atoms with E-state index in [-0.39, 0.29) is 5.91 Å². The predicted molar refractivity (Wildman–Crippen MR) is 80.8 cm³/mol. The minimum atomic E-state index is -0.824. The molecular formula is C16H22N2O3. The van der Waals surface area contributed by atoms with Gasteiger partial charge in [-0.05, 0) is 43.7 Å². The third-order valence-corrected chi connectivity index (χ3v) is 3.86. The molecule has 0 aromatic carbocycles. The van der Waals surface area contributed by atoms with Gasteiger partial charge in [-0.15, -0.1) is 0 Å². The monoisotopic (exact) mass is 290 g/mol. The fourth-order valence-electron chi connectivity index (χ4n) is 2.55. The van der Waals surface area contributed by atoms with Crippen molar-refractivity contribution in [3.63, 3.8) is 0 Å². The molecule has 0 aromatic rings. The van der Waals surface area contributed by atoms with E-state index in [1.807, 2.05) is 6.08 Å². The first-order valence-electron chi connectivity index (χ1n) is 7.43. The van der Waals surface area contributed by atoms with E-state index >= 15 is 0 Å². The van der Waals surface area contributed by atoms with Gasteiger partial charge in [0.25, 0.3) is 0 Å². The standard InChI is InChI=1S/C16H22N2O3/c19-15(8-5-12-2-1-9-17-10-12)18-11-13-3-6-14(7-4-13)16(20)21/h2,5-6,8,13,17H,1,3-4,7,9-11H2,(H,18,19)(H,20,21)/b8-5+. The van der Waals surface area contributed by atoms with Gasteiger partial charge in [0.1, 0.15) is 0 Å². The third kappa shape index (κ3) is 5.19. The van der Waals surface area contributed by atoms with Crippen LogP contribution in [0.2, 0.25) is 0 Å². The second kappa shape index (κ2) is 7.78. The van der Waals surface area contributed by atoms with Crippen LogP contribution >= 0.6 is 0 Å². The average molecular weight is 290 g/mol. The van der Waals surface area contributed by atoms with Gasteiger partial charge in [-0.1, -0.05) is 18.2 Å². The van der Waals surface area contributed by atoms with Gasteiger partial charge in [0, 0.05) is 24.7 Å². The van der Waals surface area contributed by atoms with E-state index in [2.05, 4.69) is 16.7 Å². The van der Waals surface area contributed by atoms with Crippen LogP contribution in [0.25, 0.3) is 0 Å². The Bertz CT molecular complexity index is 492. The summed E-state index contributed by atoms with van der Waals surface area (Å²) in [4.78, 5) is 22.6. The Kier molecular flexibility index (Phi) is 5.75. The Balaban J connectivity index is 1.71. The normalized spacial score (nSPS) is 22.6. The Morgan fingerprint density at radius 1 is 1.43 bits per heavy atom. The Morgan fingerprint density at radius 3 is 2.90 bits per heavy atom. The van der Waals surface area contributed by atoms with Crippen LogP contribution in [-0.4, -0.2) is 36.6 Å². The van der Waals surface area contributed by atoms with E-state index in [1.54, 1.807) is 12.2 Å². The van der Waals surface area contributed by atoms with Crippen molar-refractivity contribution >= 4 is 11.9 Å². The lowest BCUT2D eigenvalue weighted by Crippen LogP contribution is -2.29. The SMILES string of the molecule is O=C(/C=C/C1=CCCNC1)NCC1CC=C(C(=O)O)CC1. The number of allylic oxidation sites excluding steroid dienone is 1. The Morgan fingerprint density at radius 2 is 2.29 bits per heavy atom. The maximum Gasteiger partial charge on any atom is 0.331 e. The number of aliphatic carboxylic acids is 1. The summed E-state index contributed by atoms with van der Waals surface area (Å²) in [6.07, 6.45) is 10.5. The van der Waals surface area contributed by atoms with E-state index in [1.165, 1.54) is 0 Å². The maximum atomic E-state index is 11.7. The fraction of sp³-hybridized carbons (Fsp3) is 0.500. The minimum Gasteiger partial charge on any atom is -0.478 e. The molecule has 5 nitrogen and oxygen atoms in total. The zero-order valence-corrected chi connectivity index (χ0v) is 12.1. The minimum absolute atomic E-state index is 0.0884. The summed E-state index contributed by atoms with van der Waals surface area (Å²) in [6, 6.07) is 0. The summed E-state index contributed by atoms with van der Waals surface area (Å²) in [5.74, 6) is -0.578. The van der Waals surface area contributed by atoms with E-state index in [4.69, 9.17) is 5.11 Å². The van der Waals surface area contributed by atoms with E-state index < -0.39 is 5.97 Å². The van der Waals surface area contributed by atoms with Crippen molar-refractivity contribution < 1.29 is 14.7 Å². The molecule has 0 spiro atoms. The van der Waals surface area contributed by atoms with Crippen LogP contribution in [0.1, 0.15) is 25.7 Å². The first-order chi connectivity index (χ1) is 10.1. The van der Waals surface area contributed by atoms with Gasteiger partial charge in [-0.3, -0.25) is 4.79 Å². The molecule has 114 valence electrons. The van der Waals surface area contributed by atoms with Crippen LogP contribution in [-0.2, 0) is 9.59 Å². The molecule has 0 radical (unpaired) electrons.